The van der Waals surface area contributed by atoms with Crippen LogP contribution in [0.1, 0.15) is 0 Å². The molecule has 0 nitrogen and oxygen atoms in total. The summed E-state index contributed by atoms with van der Waals surface area (Å²) in [6.45, 7) is 0. The Morgan fingerprint density at radius 3 is 1.29 bits per heavy atom. The second-order valence-electron chi connectivity index (χ2n) is 3.90. The Labute approximate surface area is 107 Å². The standard InChI is InChI=1S/C16H12Se/c1-3-7-13(8-4-1)15-11-12-16(17-15)14-9-5-2-6-10-14/h1-12H/i15+1. The van der Waals surface area contributed by atoms with Crippen molar-refractivity contribution < 1.29 is 0 Å². The van der Waals surface area contributed by atoms with Gasteiger partial charge in [-0.1, -0.05) is 0 Å². The average Bonchev–Trinajstić information content (AvgIpc) is 2.90. The van der Waals surface area contributed by atoms with Crippen LogP contribution in [-0.4, -0.2) is 14.5 Å². The van der Waals surface area contributed by atoms with Crippen molar-refractivity contribution >= 4 is 14.5 Å². The van der Waals surface area contributed by atoms with Crippen LogP contribution in [0.2, 0.25) is 0 Å². The molecule has 0 amide bonds. The van der Waals surface area contributed by atoms with Crippen molar-refractivity contribution in [2.24, 2.45) is 0 Å². The first-order valence-electron chi connectivity index (χ1n) is 5.64. The molecule has 17 heavy (non-hydrogen) atoms. The van der Waals surface area contributed by atoms with Crippen LogP contribution in [0.5, 0.6) is 0 Å². The summed E-state index contributed by atoms with van der Waals surface area (Å²) in [5.74, 6) is 0. The molecule has 0 bridgehead atoms. The fourth-order valence-corrected chi connectivity index (χ4v) is 3.99. The first kappa shape index (κ1) is 10.6. The van der Waals surface area contributed by atoms with E-state index in [1.54, 1.807) is 0 Å². The Balaban J connectivity index is 1.99. The van der Waals surface area contributed by atoms with E-state index in [0.717, 1.165) is 0 Å². The van der Waals surface area contributed by atoms with E-state index in [-0.39, 0.29) is 0 Å². The van der Waals surface area contributed by atoms with Crippen LogP contribution in [0.4, 0.5) is 0 Å². The van der Waals surface area contributed by atoms with E-state index in [0.29, 0.717) is 14.5 Å². The van der Waals surface area contributed by atoms with E-state index in [9.17, 15) is 0 Å². The third-order valence-corrected chi connectivity index (χ3v) is 5.21. The molecular weight excluding hydrogens is 272 g/mol. The number of hydrogen-bond acceptors (Lipinski definition) is 0. The SMILES string of the molecule is c1ccc(-c2cc[13c](-c3ccccc3)[se]2)cc1. The first-order chi connectivity index (χ1) is 8.43. The van der Waals surface area contributed by atoms with Gasteiger partial charge in [-0.25, -0.2) is 0 Å². The Hall–Kier alpha value is -1.56. The van der Waals surface area contributed by atoms with E-state index in [1.807, 2.05) is 0 Å². The summed E-state index contributed by atoms with van der Waals surface area (Å²) in [6, 6.07) is 25.8. The van der Waals surface area contributed by atoms with Gasteiger partial charge in [0.2, 0.25) is 0 Å². The van der Waals surface area contributed by atoms with Gasteiger partial charge in [0.15, 0.2) is 0 Å². The summed E-state index contributed by atoms with van der Waals surface area (Å²) in [7, 11) is 0. The van der Waals surface area contributed by atoms with Crippen molar-refractivity contribution in [1.82, 2.24) is 0 Å². The molecule has 0 fully saturated rings. The Bertz CT molecular complexity index is 540. The summed E-state index contributed by atoms with van der Waals surface area (Å²) >= 11 is 0.433. The molecule has 3 aromatic rings. The molecule has 0 saturated carbocycles. The number of benzene rings is 2. The van der Waals surface area contributed by atoms with E-state index < -0.39 is 0 Å². The monoisotopic (exact) mass is 285 g/mol. The van der Waals surface area contributed by atoms with Gasteiger partial charge in [0, 0.05) is 0 Å². The molecule has 1 heteroatoms. The molecule has 1 heterocycles. The Morgan fingerprint density at radius 2 is 0.882 bits per heavy atom. The van der Waals surface area contributed by atoms with E-state index in [2.05, 4.69) is 72.8 Å². The first-order valence-corrected chi connectivity index (χ1v) is 7.35. The zero-order valence-electron chi connectivity index (χ0n) is 9.34. The molecular formula is C16H12Se. The average molecular weight is 284 g/mol. The number of rotatable bonds is 2. The quantitative estimate of drug-likeness (QED) is 0.622. The third-order valence-electron chi connectivity index (χ3n) is 2.72. The normalized spacial score (nSPS) is 10.4. The summed E-state index contributed by atoms with van der Waals surface area (Å²) in [5.41, 5.74) is 2.71. The summed E-state index contributed by atoms with van der Waals surface area (Å²) in [5, 5.41) is 0. The van der Waals surface area contributed by atoms with Crippen LogP contribution < -0.4 is 0 Å². The van der Waals surface area contributed by atoms with Crippen LogP contribution in [0.15, 0.2) is 72.8 Å². The van der Waals surface area contributed by atoms with Gasteiger partial charge in [0.05, 0.1) is 0 Å². The Morgan fingerprint density at radius 1 is 0.471 bits per heavy atom. The van der Waals surface area contributed by atoms with Crippen LogP contribution in [0, 0.1) is 0 Å². The maximum absolute atomic E-state index is 2.26. The van der Waals surface area contributed by atoms with Gasteiger partial charge in [-0.3, -0.25) is 0 Å². The van der Waals surface area contributed by atoms with Crippen LogP contribution >= 0.6 is 0 Å². The van der Waals surface area contributed by atoms with Crippen molar-refractivity contribution in [3.63, 3.8) is 0 Å². The van der Waals surface area contributed by atoms with E-state index in [1.165, 1.54) is 20.0 Å². The molecule has 0 atom stereocenters. The van der Waals surface area contributed by atoms with Crippen molar-refractivity contribution in [3.8, 4) is 20.0 Å². The molecule has 0 N–H and O–H groups in total. The van der Waals surface area contributed by atoms with Gasteiger partial charge < -0.3 is 0 Å². The second kappa shape index (κ2) is 4.75. The topological polar surface area (TPSA) is 0 Å². The molecule has 0 aliphatic rings. The summed E-state index contributed by atoms with van der Waals surface area (Å²) in [4.78, 5) is 0. The van der Waals surface area contributed by atoms with Crippen LogP contribution in [0.3, 0.4) is 0 Å². The molecule has 0 unspecified atom stereocenters. The predicted molar refractivity (Wildman–Crippen MR) is 74.3 cm³/mol. The van der Waals surface area contributed by atoms with Crippen LogP contribution in [0.25, 0.3) is 20.0 Å². The molecule has 0 aliphatic carbocycles. The molecule has 0 spiro atoms. The van der Waals surface area contributed by atoms with Gasteiger partial charge in [-0.15, -0.1) is 0 Å². The fraction of sp³-hybridized carbons (Fsp3) is 0. The minimum atomic E-state index is 0.433. The summed E-state index contributed by atoms with van der Waals surface area (Å²) < 4.78 is 2.94. The molecule has 3 rings (SSSR count). The zero-order valence-corrected chi connectivity index (χ0v) is 11.0. The third kappa shape index (κ3) is 2.26. The number of hydrogen-bond donors (Lipinski definition) is 0. The second-order valence-corrected chi connectivity index (χ2v) is 6.17. The molecule has 0 radical (unpaired) electrons. The van der Waals surface area contributed by atoms with E-state index in [4.69, 9.17) is 0 Å². The molecule has 1 aromatic heterocycles. The van der Waals surface area contributed by atoms with Crippen molar-refractivity contribution in [1.29, 1.82) is 0 Å². The molecule has 82 valence electrons. The van der Waals surface area contributed by atoms with E-state index >= 15 is 0 Å². The minimum absolute atomic E-state index is 0.433. The predicted octanol–water partition coefficient (Wildman–Crippen LogP) is 4.08. The maximum atomic E-state index is 2.26. The van der Waals surface area contributed by atoms with Crippen molar-refractivity contribution in [2.75, 3.05) is 0 Å². The summed E-state index contributed by atoms with van der Waals surface area (Å²) in [6.07, 6.45) is 0. The van der Waals surface area contributed by atoms with Crippen molar-refractivity contribution in [2.45, 2.75) is 0 Å². The molecule has 0 aliphatic heterocycles. The Kier molecular flexibility index (Phi) is 2.96. The zero-order chi connectivity index (χ0) is 11.5. The molecule has 2 aromatic carbocycles. The van der Waals surface area contributed by atoms with Gasteiger partial charge in [-0.2, -0.15) is 0 Å². The van der Waals surface area contributed by atoms with Gasteiger partial charge in [0.25, 0.3) is 0 Å². The van der Waals surface area contributed by atoms with Gasteiger partial charge >= 0.3 is 107 Å². The van der Waals surface area contributed by atoms with Gasteiger partial charge in [-0.05, 0) is 0 Å². The molecule has 0 saturated heterocycles. The van der Waals surface area contributed by atoms with Crippen LogP contribution in [-0.2, 0) is 0 Å². The van der Waals surface area contributed by atoms with Crippen molar-refractivity contribution in [3.05, 3.63) is 72.8 Å². The fourth-order valence-electron chi connectivity index (χ4n) is 1.85. The van der Waals surface area contributed by atoms with Gasteiger partial charge in [0.1, 0.15) is 0 Å².